The van der Waals surface area contributed by atoms with Crippen molar-refractivity contribution in [1.82, 2.24) is 0 Å². The average molecular weight is 238 g/mol. The van der Waals surface area contributed by atoms with Crippen LogP contribution in [0.25, 0.3) is 10.8 Å². The van der Waals surface area contributed by atoms with Crippen LogP contribution in [0.4, 0.5) is 5.69 Å². The summed E-state index contributed by atoms with van der Waals surface area (Å²) in [5.41, 5.74) is 1.22. The van der Waals surface area contributed by atoms with Crippen LogP contribution in [0.5, 0.6) is 0 Å². The van der Waals surface area contributed by atoms with Gasteiger partial charge in [-0.2, -0.15) is 5.26 Å². The van der Waals surface area contributed by atoms with Gasteiger partial charge in [0, 0.05) is 24.2 Å². The molecule has 0 N–H and O–H groups in total. The molecule has 18 heavy (non-hydrogen) atoms. The fourth-order valence-electron chi connectivity index (χ4n) is 2.25. The number of nitriles is 1. The van der Waals surface area contributed by atoms with Crippen LogP contribution in [0.3, 0.4) is 0 Å². The monoisotopic (exact) mass is 238 g/mol. The van der Waals surface area contributed by atoms with E-state index in [0.29, 0.717) is 0 Å². The maximum absolute atomic E-state index is 8.96. The number of nitrogens with zero attached hydrogens (tertiary/aromatic N) is 2. The van der Waals surface area contributed by atoms with Gasteiger partial charge >= 0.3 is 0 Å². The summed E-state index contributed by atoms with van der Waals surface area (Å²) in [4.78, 5) is 2.27. The molecule has 2 aromatic carbocycles. The van der Waals surface area contributed by atoms with Crippen molar-refractivity contribution in [2.45, 2.75) is 13.8 Å². The Morgan fingerprint density at radius 2 is 1.89 bits per heavy atom. The standard InChI is InChI=1S/C16H18N2/c1-3-18(12-13(2)11-17)16-10-6-8-14-7-4-5-9-15(14)16/h4-10,13H,3,12H2,1-2H3. The van der Waals surface area contributed by atoms with Gasteiger partial charge in [-0.15, -0.1) is 0 Å². The fraction of sp³-hybridized carbons (Fsp3) is 0.312. The van der Waals surface area contributed by atoms with Gasteiger partial charge in [-0.25, -0.2) is 0 Å². The highest BCUT2D eigenvalue weighted by Gasteiger charge is 2.11. The van der Waals surface area contributed by atoms with E-state index in [1.807, 2.05) is 6.92 Å². The molecule has 2 heteroatoms. The highest BCUT2D eigenvalue weighted by molar-refractivity contribution is 5.94. The van der Waals surface area contributed by atoms with Crippen LogP contribution in [0.1, 0.15) is 13.8 Å². The lowest BCUT2D eigenvalue weighted by atomic mass is 10.1. The van der Waals surface area contributed by atoms with Gasteiger partial charge in [0.05, 0.1) is 12.0 Å². The minimum atomic E-state index is 0.0453. The third-order valence-corrected chi connectivity index (χ3v) is 3.20. The molecule has 2 rings (SSSR count). The van der Waals surface area contributed by atoms with Gasteiger partial charge < -0.3 is 4.90 Å². The van der Waals surface area contributed by atoms with Gasteiger partial charge in [-0.1, -0.05) is 36.4 Å². The molecule has 1 unspecified atom stereocenters. The third kappa shape index (κ3) is 2.46. The summed E-state index contributed by atoms with van der Waals surface area (Å²) >= 11 is 0. The van der Waals surface area contributed by atoms with Gasteiger partial charge in [0.1, 0.15) is 0 Å². The van der Waals surface area contributed by atoms with E-state index in [1.54, 1.807) is 0 Å². The Bertz CT molecular complexity index is 563. The normalized spacial score (nSPS) is 12.1. The van der Waals surface area contributed by atoms with E-state index in [0.717, 1.165) is 13.1 Å². The first-order chi connectivity index (χ1) is 8.76. The summed E-state index contributed by atoms with van der Waals surface area (Å²) in [6, 6.07) is 17.0. The van der Waals surface area contributed by atoms with Crippen LogP contribution in [-0.2, 0) is 0 Å². The topological polar surface area (TPSA) is 27.0 Å². The summed E-state index contributed by atoms with van der Waals surface area (Å²) in [5, 5.41) is 11.5. The Morgan fingerprint density at radius 3 is 2.61 bits per heavy atom. The molecule has 0 aliphatic rings. The van der Waals surface area contributed by atoms with E-state index < -0.39 is 0 Å². The van der Waals surface area contributed by atoms with Gasteiger partial charge in [-0.05, 0) is 25.3 Å². The summed E-state index contributed by atoms with van der Waals surface area (Å²) in [5.74, 6) is 0.0453. The van der Waals surface area contributed by atoms with Gasteiger partial charge in [0.25, 0.3) is 0 Å². The van der Waals surface area contributed by atoms with Crippen molar-refractivity contribution in [1.29, 1.82) is 5.26 Å². The first-order valence-corrected chi connectivity index (χ1v) is 6.38. The van der Waals surface area contributed by atoms with Crippen molar-refractivity contribution in [3.05, 3.63) is 42.5 Å². The zero-order chi connectivity index (χ0) is 13.0. The lowest BCUT2D eigenvalue weighted by Crippen LogP contribution is -2.27. The zero-order valence-corrected chi connectivity index (χ0v) is 10.9. The smallest absolute Gasteiger partial charge is 0.0671 e. The number of hydrogen-bond donors (Lipinski definition) is 0. The predicted molar refractivity (Wildman–Crippen MR) is 76.6 cm³/mol. The number of anilines is 1. The molecular formula is C16H18N2. The minimum absolute atomic E-state index is 0.0453. The van der Waals surface area contributed by atoms with Gasteiger partial charge in [-0.3, -0.25) is 0 Å². The molecule has 0 spiro atoms. The van der Waals surface area contributed by atoms with E-state index in [4.69, 9.17) is 5.26 Å². The van der Waals surface area contributed by atoms with Crippen molar-refractivity contribution in [3.8, 4) is 6.07 Å². The molecule has 0 saturated heterocycles. The van der Waals surface area contributed by atoms with Crippen molar-refractivity contribution in [2.24, 2.45) is 5.92 Å². The molecule has 0 saturated carbocycles. The maximum atomic E-state index is 8.96. The second kappa shape index (κ2) is 5.55. The molecule has 92 valence electrons. The first kappa shape index (κ1) is 12.4. The predicted octanol–water partition coefficient (Wildman–Crippen LogP) is 3.83. The molecule has 0 radical (unpaired) electrons. The van der Waals surface area contributed by atoms with Crippen LogP contribution < -0.4 is 4.90 Å². The first-order valence-electron chi connectivity index (χ1n) is 6.38. The van der Waals surface area contributed by atoms with Gasteiger partial charge in [0.15, 0.2) is 0 Å². The fourth-order valence-corrected chi connectivity index (χ4v) is 2.25. The molecular weight excluding hydrogens is 220 g/mol. The van der Waals surface area contributed by atoms with E-state index in [9.17, 15) is 0 Å². The molecule has 0 bridgehead atoms. The zero-order valence-electron chi connectivity index (χ0n) is 10.9. The molecule has 0 aliphatic carbocycles. The average Bonchev–Trinajstić information content (AvgIpc) is 2.44. The highest BCUT2D eigenvalue weighted by atomic mass is 15.1. The quantitative estimate of drug-likeness (QED) is 0.809. The molecule has 0 aromatic heterocycles. The Labute approximate surface area is 108 Å². The van der Waals surface area contributed by atoms with Crippen molar-refractivity contribution in [2.75, 3.05) is 18.0 Å². The third-order valence-electron chi connectivity index (χ3n) is 3.20. The summed E-state index contributed by atoms with van der Waals surface area (Å²) in [7, 11) is 0. The van der Waals surface area contributed by atoms with Crippen molar-refractivity contribution in [3.63, 3.8) is 0 Å². The van der Waals surface area contributed by atoms with Crippen LogP contribution in [0.15, 0.2) is 42.5 Å². The Balaban J connectivity index is 2.42. The van der Waals surface area contributed by atoms with Crippen LogP contribution in [0.2, 0.25) is 0 Å². The van der Waals surface area contributed by atoms with E-state index in [2.05, 4.69) is 60.4 Å². The lowest BCUT2D eigenvalue weighted by Gasteiger charge is -2.25. The summed E-state index contributed by atoms with van der Waals surface area (Å²) in [6.45, 7) is 5.79. The van der Waals surface area contributed by atoms with E-state index in [-0.39, 0.29) is 5.92 Å². The second-order valence-corrected chi connectivity index (χ2v) is 4.57. The molecule has 2 nitrogen and oxygen atoms in total. The number of hydrogen-bond acceptors (Lipinski definition) is 2. The molecule has 2 aromatic rings. The molecule has 0 fully saturated rings. The maximum Gasteiger partial charge on any atom is 0.0671 e. The number of fused-ring (bicyclic) bond motifs is 1. The second-order valence-electron chi connectivity index (χ2n) is 4.57. The van der Waals surface area contributed by atoms with Crippen molar-refractivity contribution >= 4 is 16.5 Å². The molecule has 0 aliphatic heterocycles. The lowest BCUT2D eigenvalue weighted by molar-refractivity contribution is 0.688. The SMILES string of the molecule is CCN(CC(C)C#N)c1cccc2ccccc12. The molecule has 0 heterocycles. The van der Waals surface area contributed by atoms with Gasteiger partial charge in [0.2, 0.25) is 0 Å². The summed E-state index contributed by atoms with van der Waals surface area (Å²) < 4.78 is 0. The van der Waals surface area contributed by atoms with Crippen LogP contribution in [0, 0.1) is 17.2 Å². The largest absolute Gasteiger partial charge is 0.370 e. The van der Waals surface area contributed by atoms with Crippen molar-refractivity contribution < 1.29 is 0 Å². The molecule has 1 atom stereocenters. The molecule has 0 amide bonds. The van der Waals surface area contributed by atoms with E-state index in [1.165, 1.54) is 16.5 Å². The Kier molecular flexibility index (Phi) is 3.84. The highest BCUT2D eigenvalue weighted by Crippen LogP contribution is 2.27. The Hall–Kier alpha value is -2.01. The minimum Gasteiger partial charge on any atom is -0.370 e. The van der Waals surface area contributed by atoms with Crippen LogP contribution >= 0.6 is 0 Å². The number of benzene rings is 2. The summed E-state index contributed by atoms with van der Waals surface area (Å²) in [6.07, 6.45) is 0. The van der Waals surface area contributed by atoms with E-state index >= 15 is 0 Å². The number of rotatable bonds is 4. The Morgan fingerprint density at radius 1 is 1.17 bits per heavy atom. The van der Waals surface area contributed by atoms with Crippen LogP contribution in [-0.4, -0.2) is 13.1 Å².